The number of ether oxygens (including phenoxy) is 3. The number of halogens is 1. The summed E-state index contributed by atoms with van der Waals surface area (Å²) in [4.78, 5) is 12.1. The molecule has 2 heterocycles. The van der Waals surface area contributed by atoms with E-state index >= 15 is 0 Å². The topological polar surface area (TPSA) is 73.0 Å². The van der Waals surface area contributed by atoms with E-state index in [4.69, 9.17) is 25.8 Å². The molecule has 0 saturated heterocycles. The van der Waals surface area contributed by atoms with Gasteiger partial charge in [0.1, 0.15) is 12.7 Å². The Labute approximate surface area is 167 Å². The van der Waals surface area contributed by atoms with E-state index in [1.165, 1.54) is 20.3 Å². The summed E-state index contributed by atoms with van der Waals surface area (Å²) in [5, 5.41) is 9.76. The van der Waals surface area contributed by atoms with Crippen LogP contribution in [0.4, 0.5) is 0 Å². The molecule has 0 bridgehead atoms. The maximum Gasteiger partial charge on any atom is 0.331 e. The second-order valence-corrected chi connectivity index (χ2v) is 6.22. The summed E-state index contributed by atoms with van der Waals surface area (Å²) in [6, 6.07) is 11.1. The largest absolute Gasteiger partial charge is 0.493 e. The van der Waals surface area contributed by atoms with E-state index in [1.54, 1.807) is 24.4 Å². The Bertz CT molecular complexity index is 1100. The number of carbonyl (C=O) groups excluding carboxylic acids is 1. The number of rotatable bonds is 6. The molecule has 7 heteroatoms. The normalized spacial score (nSPS) is 10.8. The van der Waals surface area contributed by atoms with Gasteiger partial charge in [-0.3, -0.25) is 0 Å². The van der Waals surface area contributed by atoms with Crippen molar-refractivity contribution >= 4 is 29.2 Å². The minimum Gasteiger partial charge on any atom is -0.493 e. The van der Waals surface area contributed by atoms with Crippen molar-refractivity contribution in [2.24, 2.45) is 0 Å². The van der Waals surface area contributed by atoms with E-state index in [9.17, 15) is 10.1 Å². The first-order valence-electron chi connectivity index (χ1n) is 8.32. The summed E-state index contributed by atoms with van der Waals surface area (Å²) >= 11 is 6.15. The van der Waals surface area contributed by atoms with Crippen molar-refractivity contribution in [1.82, 2.24) is 4.40 Å². The zero-order valence-corrected chi connectivity index (χ0v) is 16.1. The predicted octanol–water partition coefficient (Wildman–Crippen LogP) is 4.24. The SMILES string of the molecule is COc1cc(C=CC(=O)OCc2cn3ccccc3c2C#N)cc(Cl)c1OC. The molecule has 0 radical (unpaired) electrons. The molecule has 0 aliphatic heterocycles. The fourth-order valence-electron chi connectivity index (χ4n) is 2.81. The first kappa shape index (κ1) is 19.3. The molecule has 1 aromatic carbocycles. The van der Waals surface area contributed by atoms with E-state index in [-0.39, 0.29) is 6.61 Å². The van der Waals surface area contributed by atoms with E-state index in [0.717, 1.165) is 5.52 Å². The van der Waals surface area contributed by atoms with Crippen LogP contribution in [0.3, 0.4) is 0 Å². The molecule has 6 nitrogen and oxygen atoms in total. The van der Waals surface area contributed by atoms with Crippen LogP contribution in [0, 0.1) is 11.3 Å². The number of esters is 1. The van der Waals surface area contributed by atoms with Gasteiger partial charge in [0.05, 0.1) is 30.3 Å². The van der Waals surface area contributed by atoms with Gasteiger partial charge in [0.25, 0.3) is 0 Å². The Morgan fingerprint density at radius 1 is 1.29 bits per heavy atom. The second-order valence-electron chi connectivity index (χ2n) is 5.81. The zero-order chi connectivity index (χ0) is 20.1. The van der Waals surface area contributed by atoms with E-state index in [0.29, 0.717) is 33.2 Å². The number of benzene rings is 1. The maximum absolute atomic E-state index is 12.1. The van der Waals surface area contributed by atoms with Gasteiger partial charge in [0.15, 0.2) is 11.5 Å². The van der Waals surface area contributed by atoms with E-state index in [1.807, 2.05) is 28.8 Å². The second kappa shape index (κ2) is 8.51. The Kier molecular flexibility index (Phi) is 5.87. The molecule has 0 unspecified atom stereocenters. The van der Waals surface area contributed by atoms with Crippen LogP contribution in [0.25, 0.3) is 11.6 Å². The van der Waals surface area contributed by atoms with Crippen molar-refractivity contribution in [3.8, 4) is 17.6 Å². The average Bonchev–Trinajstić information content (AvgIpc) is 3.07. The molecule has 28 heavy (non-hydrogen) atoms. The van der Waals surface area contributed by atoms with E-state index < -0.39 is 5.97 Å². The Morgan fingerprint density at radius 3 is 2.82 bits per heavy atom. The first-order chi connectivity index (χ1) is 13.6. The molecule has 0 saturated carbocycles. The quantitative estimate of drug-likeness (QED) is 0.460. The van der Waals surface area contributed by atoms with Crippen molar-refractivity contribution in [3.05, 3.63) is 70.5 Å². The van der Waals surface area contributed by atoms with Crippen molar-refractivity contribution in [2.45, 2.75) is 6.61 Å². The molecule has 0 aliphatic rings. The number of methoxy groups -OCH3 is 2. The zero-order valence-electron chi connectivity index (χ0n) is 15.3. The van der Waals surface area contributed by atoms with Crippen LogP contribution in [0.1, 0.15) is 16.7 Å². The van der Waals surface area contributed by atoms with Crippen molar-refractivity contribution in [3.63, 3.8) is 0 Å². The Hall–Kier alpha value is -3.43. The van der Waals surface area contributed by atoms with Crippen LogP contribution < -0.4 is 9.47 Å². The molecule has 0 aliphatic carbocycles. The number of hydrogen-bond donors (Lipinski definition) is 0. The number of nitrogens with zero attached hydrogens (tertiary/aromatic N) is 2. The molecule has 3 aromatic rings. The monoisotopic (exact) mass is 396 g/mol. The highest BCUT2D eigenvalue weighted by molar-refractivity contribution is 6.32. The third-order valence-electron chi connectivity index (χ3n) is 4.11. The molecule has 0 amide bonds. The van der Waals surface area contributed by atoms with Crippen LogP contribution in [0.5, 0.6) is 11.5 Å². The van der Waals surface area contributed by atoms with Gasteiger partial charge < -0.3 is 18.6 Å². The van der Waals surface area contributed by atoms with Gasteiger partial charge in [-0.1, -0.05) is 17.7 Å². The average molecular weight is 397 g/mol. The summed E-state index contributed by atoms with van der Waals surface area (Å²) in [5.74, 6) is 0.348. The van der Waals surface area contributed by atoms with Crippen molar-refractivity contribution in [1.29, 1.82) is 5.26 Å². The Morgan fingerprint density at radius 2 is 2.11 bits per heavy atom. The molecular formula is C21H17ClN2O4. The number of pyridine rings is 1. The number of nitriles is 1. The highest BCUT2D eigenvalue weighted by atomic mass is 35.5. The summed E-state index contributed by atoms with van der Waals surface area (Å²) in [7, 11) is 3.00. The fraction of sp³-hybridized carbons (Fsp3) is 0.143. The predicted molar refractivity (Wildman–Crippen MR) is 105 cm³/mol. The van der Waals surface area contributed by atoms with Crippen LogP contribution in [-0.2, 0) is 16.1 Å². The molecule has 142 valence electrons. The van der Waals surface area contributed by atoms with Gasteiger partial charge in [-0.25, -0.2) is 4.79 Å². The highest BCUT2D eigenvalue weighted by Crippen LogP contribution is 2.36. The number of hydrogen-bond acceptors (Lipinski definition) is 5. The maximum atomic E-state index is 12.1. The number of fused-ring (bicyclic) bond motifs is 1. The molecular weight excluding hydrogens is 380 g/mol. The minimum atomic E-state index is -0.537. The molecule has 0 N–H and O–H groups in total. The van der Waals surface area contributed by atoms with Gasteiger partial charge >= 0.3 is 5.97 Å². The lowest BCUT2D eigenvalue weighted by Gasteiger charge is -2.10. The molecule has 0 fully saturated rings. The smallest absolute Gasteiger partial charge is 0.331 e. The van der Waals surface area contributed by atoms with Crippen LogP contribution in [0.15, 0.2) is 48.8 Å². The van der Waals surface area contributed by atoms with Crippen LogP contribution in [-0.4, -0.2) is 24.6 Å². The van der Waals surface area contributed by atoms with Crippen LogP contribution >= 0.6 is 11.6 Å². The van der Waals surface area contributed by atoms with Gasteiger partial charge in [0.2, 0.25) is 0 Å². The number of carbonyl (C=O) groups is 1. The van der Waals surface area contributed by atoms with Gasteiger partial charge in [-0.2, -0.15) is 5.26 Å². The molecule has 0 spiro atoms. The summed E-state index contributed by atoms with van der Waals surface area (Å²) < 4.78 is 17.5. The lowest BCUT2D eigenvalue weighted by atomic mass is 10.2. The lowest BCUT2D eigenvalue weighted by Crippen LogP contribution is -2.01. The Balaban J connectivity index is 1.72. The third kappa shape index (κ3) is 3.95. The number of aromatic nitrogens is 1. The lowest BCUT2D eigenvalue weighted by molar-refractivity contribution is -0.138. The standard InChI is InChI=1S/C21H17ClN2O4/c1-26-19-10-14(9-17(22)21(19)27-2)6-7-20(25)28-13-15-12-24-8-4-3-5-18(24)16(15)11-23/h3-10,12H,13H2,1-2H3. The third-order valence-corrected chi connectivity index (χ3v) is 4.39. The first-order valence-corrected chi connectivity index (χ1v) is 8.70. The summed E-state index contributed by atoms with van der Waals surface area (Å²) in [6.45, 7) is 0.000433. The fourth-order valence-corrected chi connectivity index (χ4v) is 3.11. The van der Waals surface area contributed by atoms with Crippen molar-refractivity contribution < 1.29 is 19.0 Å². The van der Waals surface area contributed by atoms with Gasteiger partial charge in [0, 0.05) is 24.0 Å². The summed E-state index contributed by atoms with van der Waals surface area (Å²) in [6.07, 6.45) is 6.47. The molecule has 3 rings (SSSR count). The summed E-state index contributed by atoms with van der Waals surface area (Å²) in [5.41, 5.74) is 2.56. The molecule has 0 atom stereocenters. The van der Waals surface area contributed by atoms with E-state index in [2.05, 4.69) is 6.07 Å². The minimum absolute atomic E-state index is 0.000433. The van der Waals surface area contributed by atoms with Gasteiger partial charge in [-0.05, 0) is 35.9 Å². The molecule has 2 aromatic heterocycles. The highest BCUT2D eigenvalue weighted by Gasteiger charge is 2.12. The van der Waals surface area contributed by atoms with Crippen molar-refractivity contribution in [2.75, 3.05) is 14.2 Å². The van der Waals surface area contributed by atoms with Crippen LogP contribution in [0.2, 0.25) is 5.02 Å². The van der Waals surface area contributed by atoms with Gasteiger partial charge in [-0.15, -0.1) is 0 Å².